The summed E-state index contributed by atoms with van der Waals surface area (Å²) in [5, 5.41) is 12.4. The minimum Gasteiger partial charge on any atom is -0.393 e. The van der Waals surface area contributed by atoms with Gasteiger partial charge in [0.2, 0.25) is 0 Å². The van der Waals surface area contributed by atoms with Crippen molar-refractivity contribution >= 4 is 5.96 Å². The van der Waals surface area contributed by atoms with Gasteiger partial charge in [0.25, 0.3) is 0 Å². The van der Waals surface area contributed by atoms with Crippen LogP contribution in [0.1, 0.15) is 51.4 Å². The van der Waals surface area contributed by atoms with E-state index in [1.54, 1.807) is 0 Å². The molecule has 0 saturated heterocycles. The second-order valence-corrected chi connectivity index (χ2v) is 5.13. The van der Waals surface area contributed by atoms with E-state index >= 15 is 0 Å². The van der Waals surface area contributed by atoms with Crippen molar-refractivity contribution in [1.29, 1.82) is 0 Å². The van der Waals surface area contributed by atoms with E-state index in [1.165, 1.54) is 38.5 Å². The third-order valence-corrected chi connectivity index (χ3v) is 3.61. The Balaban J connectivity index is 1.75. The largest absolute Gasteiger partial charge is 0.393 e. The van der Waals surface area contributed by atoms with Crippen LogP contribution in [0.3, 0.4) is 0 Å². The lowest BCUT2D eigenvalue weighted by molar-refractivity contribution is 0.0697. The van der Waals surface area contributed by atoms with Crippen LogP contribution in [0.2, 0.25) is 0 Å². The van der Waals surface area contributed by atoms with Crippen LogP contribution in [0.4, 0.5) is 0 Å². The Morgan fingerprint density at radius 3 is 2.31 bits per heavy atom. The highest BCUT2D eigenvalue weighted by Crippen LogP contribution is 2.21. The van der Waals surface area contributed by atoms with Crippen LogP contribution in [0.5, 0.6) is 0 Å². The first-order chi connectivity index (χ1) is 7.74. The number of rotatable bonds is 2. The fraction of sp³-hybridized carbons (Fsp3) is 0.917. The molecule has 4 nitrogen and oxygen atoms in total. The van der Waals surface area contributed by atoms with E-state index in [4.69, 9.17) is 10.8 Å². The van der Waals surface area contributed by atoms with Crippen LogP contribution in [0, 0.1) is 0 Å². The van der Waals surface area contributed by atoms with E-state index in [0.29, 0.717) is 18.0 Å². The molecule has 0 bridgehead atoms. The molecule has 0 spiro atoms. The Bertz CT molecular complexity index is 241. The maximum atomic E-state index is 9.17. The van der Waals surface area contributed by atoms with Gasteiger partial charge in [-0.1, -0.05) is 25.7 Å². The number of aliphatic hydroxyl groups is 1. The molecule has 2 aliphatic carbocycles. The SMILES string of the molecule is NC(=NC1CCCCCC1)NC1CC(O)C1. The monoisotopic (exact) mass is 225 g/mol. The van der Waals surface area contributed by atoms with Gasteiger partial charge in [-0.2, -0.15) is 0 Å². The summed E-state index contributed by atoms with van der Waals surface area (Å²) in [7, 11) is 0. The van der Waals surface area contributed by atoms with E-state index in [-0.39, 0.29) is 6.10 Å². The number of hydrogen-bond donors (Lipinski definition) is 3. The van der Waals surface area contributed by atoms with Gasteiger partial charge in [0.15, 0.2) is 5.96 Å². The summed E-state index contributed by atoms with van der Waals surface area (Å²) in [4.78, 5) is 4.54. The smallest absolute Gasteiger partial charge is 0.189 e. The Morgan fingerprint density at radius 2 is 1.75 bits per heavy atom. The van der Waals surface area contributed by atoms with E-state index in [1.807, 2.05) is 0 Å². The third-order valence-electron chi connectivity index (χ3n) is 3.61. The van der Waals surface area contributed by atoms with Crippen LogP contribution in [0.25, 0.3) is 0 Å². The van der Waals surface area contributed by atoms with Gasteiger partial charge in [-0.25, -0.2) is 0 Å². The van der Waals surface area contributed by atoms with Crippen LogP contribution in [-0.2, 0) is 0 Å². The third kappa shape index (κ3) is 3.37. The maximum absolute atomic E-state index is 9.17. The number of guanidine groups is 1. The molecule has 92 valence electrons. The van der Waals surface area contributed by atoms with Gasteiger partial charge in [-0.05, 0) is 25.7 Å². The number of nitrogens with zero attached hydrogens (tertiary/aromatic N) is 1. The highest BCUT2D eigenvalue weighted by molar-refractivity contribution is 5.78. The molecule has 2 aliphatic rings. The first-order valence-electron chi connectivity index (χ1n) is 6.52. The molecule has 16 heavy (non-hydrogen) atoms. The molecule has 0 amide bonds. The first kappa shape index (κ1) is 11.7. The zero-order chi connectivity index (χ0) is 11.4. The van der Waals surface area contributed by atoms with Gasteiger partial charge in [0.05, 0.1) is 12.1 Å². The van der Waals surface area contributed by atoms with E-state index in [2.05, 4.69) is 10.3 Å². The highest BCUT2D eigenvalue weighted by Gasteiger charge is 2.27. The fourth-order valence-corrected chi connectivity index (χ4v) is 2.54. The molecule has 0 aromatic rings. The lowest BCUT2D eigenvalue weighted by Gasteiger charge is -2.32. The van der Waals surface area contributed by atoms with Crippen molar-refractivity contribution in [2.75, 3.05) is 0 Å². The topological polar surface area (TPSA) is 70.6 Å². The first-order valence-corrected chi connectivity index (χ1v) is 6.52. The standard InChI is InChI=1S/C12H23N3O/c13-12(15-10-7-11(16)8-10)14-9-5-3-1-2-4-6-9/h9-11,16H,1-8H2,(H3,13,14,15). The second kappa shape index (κ2) is 5.53. The number of hydrogen-bond acceptors (Lipinski definition) is 2. The van der Waals surface area contributed by atoms with Gasteiger partial charge in [-0.3, -0.25) is 4.99 Å². The Labute approximate surface area is 97.3 Å². The van der Waals surface area contributed by atoms with Crippen LogP contribution >= 0.6 is 0 Å². The number of aliphatic hydroxyl groups excluding tert-OH is 1. The molecule has 4 N–H and O–H groups in total. The average molecular weight is 225 g/mol. The van der Waals surface area contributed by atoms with Crippen molar-refractivity contribution in [3.05, 3.63) is 0 Å². The Kier molecular flexibility index (Phi) is 4.04. The molecule has 0 heterocycles. The van der Waals surface area contributed by atoms with E-state index in [0.717, 1.165) is 12.8 Å². The maximum Gasteiger partial charge on any atom is 0.189 e. The quantitative estimate of drug-likeness (QED) is 0.375. The minimum absolute atomic E-state index is 0.136. The van der Waals surface area contributed by atoms with Crippen molar-refractivity contribution in [1.82, 2.24) is 5.32 Å². The van der Waals surface area contributed by atoms with Crippen LogP contribution in [-0.4, -0.2) is 29.3 Å². The molecular weight excluding hydrogens is 202 g/mol. The average Bonchev–Trinajstić information content (AvgIpc) is 2.44. The molecule has 0 radical (unpaired) electrons. The summed E-state index contributed by atoms with van der Waals surface area (Å²) in [6.07, 6.45) is 9.08. The lowest BCUT2D eigenvalue weighted by atomic mass is 9.90. The summed E-state index contributed by atoms with van der Waals surface area (Å²) in [5.41, 5.74) is 5.87. The Morgan fingerprint density at radius 1 is 1.12 bits per heavy atom. The van der Waals surface area contributed by atoms with Gasteiger partial charge in [-0.15, -0.1) is 0 Å². The number of nitrogens with two attached hydrogens (primary N) is 1. The van der Waals surface area contributed by atoms with Crippen molar-refractivity contribution in [2.24, 2.45) is 10.7 Å². The van der Waals surface area contributed by atoms with Gasteiger partial charge >= 0.3 is 0 Å². The summed E-state index contributed by atoms with van der Waals surface area (Å²) >= 11 is 0. The van der Waals surface area contributed by atoms with E-state index in [9.17, 15) is 0 Å². The van der Waals surface area contributed by atoms with Crippen LogP contribution in [0.15, 0.2) is 4.99 Å². The van der Waals surface area contributed by atoms with Gasteiger partial charge in [0.1, 0.15) is 0 Å². The summed E-state index contributed by atoms with van der Waals surface area (Å²) in [5.74, 6) is 0.573. The summed E-state index contributed by atoms with van der Waals surface area (Å²) < 4.78 is 0. The molecule has 2 rings (SSSR count). The second-order valence-electron chi connectivity index (χ2n) is 5.13. The zero-order valence-electron chi connectivity index (χ0n) is 9.86. The molecule has 0 aromatic carbocycles. The number of nitrogens with one attached hydrogen (secondary N) is 1. The number of aliphatic imine (C=N–C) groups is 1. The van der Waals surface area contributed by atoms with Crippen molar-refractivity contribution in [3.8, 4) is 0 Å². The highest BCUT2D eigenvalue weighted by atomic mass is 16.3. The van der Waals surface area contributed by atoms with Gasteiger partial charge < -0.3 is 16.2 Å². The lowest BCUT2D eigenvalue weighted by Crippen LogP contribution is -2.49. The molecule has 0 unspecified atom stereocenters. The molecule has 2 saturated carbocycles. The van der Waals surface area contributed by atoms with Gasteiger partial charge in [0, 0.05) is 6.04 Å². The predicted octanol–water partition coefficient (Wildman–Crippen LogP) is 1.14. The zero-order valence-corrected chi connectivity index (χ0v) is 9.86. The summed E-state index contributed by atoms with van der Waals surface area (Å²) in [6.45, 7) is 0. The minimum atomic E-state index is -0.136. The van der Waals surface area contributed by atoms with E-state index < -0.39 is 0 Å². The Hall–Kier alpha value is -0.770. The molecule has 4 heteroatoms. The molecular formula is C12H23N3O. The molecule has 0 aliphatic heterocycles. The summed E-state index contributed by atoms with van der Waals surface area (Å²) in [6, 6.07) is 0.754. The van der Waals surface area contributed by atoms with Crippen molar-refractivity contribution in [3.63, 3.8) is 0 Å². The fourth-order valence-electron chi connectivity index (χ4n) is 2.54. The normalized spacial score (nSPS) is 32.9. The van der Waals surface area contributed by atoms with Crippen molar-refractivity contribution < 1.29 is 5.11 Å². The van der Waals surface area contributed by atoms with Crippen molar-refractivity contribution in [2.45, 2.75) is 69.6 Å². The van der Waals surface area contributed by atoms with Crippen LogP contribution < -0.4 is 11.1 Å². The predicted molar refractivity (Wildman–Crippen MR) is 65.3 cm³/mol. The molecule has 2 fully saturated rings. The molecule has 0 atom stereocenters. The molecule has 0 aromatic heterocycles.